The largest absolute Gasteiger partial charge is 0.399 e. The molecule has 0 unspecified atom stereocenters. The highest BCUT2D eigenvalue weighted by Gasteiger charge is 2.67. The highest BCUT2D eigenvalue weighted by molar-refractivity contribution is 6.72. The van der Waals surface area contributed by atoms with Gasteiger partial charge in [-0.1, -0.05) is 61.0 Å². The van der Waals surface area contributed by atoms with Crippen LogP contribution in [0.25, 0.3) is 0 Å². The van der Waals surface area contributed by atoms with Crippen molar-refractivity contribution in [3.63, 3.8) is 0 Å². The number of carbonyl (C=O) groups is 3. The van der Waals surface area contributed by atoms with Crippen molar-refractivity contribution < 1.29 is 28.3 Å². The van der Waals surface area contributed by atoms with E-state index >= 15 is 4.11 Å². The molecule has 9 nitrogen and oxygen atoms in total. The second-order valence-electron chi connectivity index (χ2n) is 13.8. The summed E-state index contributed by atoms with van der Waals surface area (Å²) in [6.45, 7) is 5.30. The molecule has 6 rings (SSSR count). The van der Waals surface area contributed by atoms with E-state index in [0.717, 1.165) is 11.1 Å². The number of hydrogen-bond acceptors (Lipinski definition) is 6. The second-order valence-corrected chi connectivity index (χ2v) is 18.1. The maximum atomic E-state index is 16.4. The fourth-order valence-electron chi connectivity index (χ4n) is 7.66. The van der Waals surface area contributed by atoms with E-state index in [-0.39, 0.29) is 50.4 Å². The lowest BCUT2D eigenvalue weighted by Gasteiger charge is -2.31. The molecule has 0 aliphatic carbocycles. The number of nitrogens with zero attached hydrogens (tertiary/aromatic N) is 2. The van der Waals surface area contributed by atoms with Gasteiger partial charge in [-0.05, 0) is 78.8 Å². The topological polar surface area (TPSA) is 125 Å². The van der Waals surface area contributed by atoms with Gasteiger partial charge in [0.05, 0.1) is 31.4 Å². The van der Waals surface area contributed by atoms with E-state index in [9.17, 15) is 19.5 Å². The molecule has 1 fully saturated rings. The van der Waals surface area contributed by atoms with Gasteiger partial charge in [0.2, 0.25) is 14.3 Å². The summed E-state index contributed by atoms with van der Waals surface area (Å²) >= 11 is 6.53. The smallest absolute Gasteiger partial charge is 0.264 e. The predicted octanol–water partition coefficient (Wildman–Crippen LogP) is 6.91. The van der Waals surface area contributed by atoms with Gasteiger partial charge in [0, 0.05) is 52.1 Å². The number of rotatable bonds is 11. The zero-order valence-electron chi connectivity index (χ0n) is 28.8. The lowest BCUT2D eigenvalue weighted by Crippen LogP contribution is -2.45. The molecule has 4 atom stereocenters. The van der Waals surface area contributed by atoms with Crippen molar-refractivity contribution in [1.82, 2.24) is 4.90 Å². The van der Waals surface area contributed by atoms with E-state index in [1.165, 1.54) is 0 Å². The number of nitrogens with one attached hydrogen (secondary N) is 1. The summed E-state index contributed by atoms with van der Waals surface area (Å²) in [5.41, 5.74) is 7.80. The molecule has 0 radical (unpaired) electrons. The Morgan fingerprint density at radius 3 is 2.41 bits per heavy atom. The van der Waals surface area contributed by atoms with Crippen LogP contribution in [0.5, 0.6) is 0 Å². The van der Waals surface area contributed by atoms with Crippen LogP contribution in [0.3, 0.4) is 0 Å². The van der Waals surface area contributed by atoms with Gasteiger partial charge in [-0.25, -0.2) is 0 Å². The summed E-state index contributed by atoms with van der Waals surface area (Å²) in [6.07, 6.45) is -1.04. The van der Waals surface area contributed by atoms with Crippen LogP contribution in [0.2, 0.25) is 23.7 Å². The highest BCUT2D eigenvalue weighted by atomic mass is 35.5. The minimum Gasteiger partial charge on any atom is -0.399 e. The molecule has 12 heteroatoms. The van der Waals surface area contributed by atoms with Crippen LogP contribution in [0.15, 0.2) is 97.1 Å². The molecule has 1 saturated heterocycles. The Labute approximate surface area is 303 Å². The van der Waals surface area contributed by atoms with Gasteiger partial charge < -0.3 is 34.8 Å². The maximum absolute atomic E-state index is 16.4. The van der Waals surface area contributed by atoms with Crippen LogP contribution >= 0.6 is 11.6 Å². The summed E-state index contributed by atoms with van der Waals surface area (Å²) in [4.78, 5) is 44.7. The third kappa shape index (κ3) is 7.29. The Kier molecular flexibility index (Phi) is 10.4. The van der Waals surface area contributed by atoms with Gasteiger partial charge in [0.15, 0.2) is 5.60 Å². The molecular weight excluding hydrogens is 687 g/mol. The third-order valence-electron chi connectivity index (χ3n) is 9.94. The Balaban J connectivity index is 1.29. The van der Waals surface area contributed by atoms with Crippen molar-refractivity contribution in [2.45, 2.75) is 56.8 Å². The van der Waals surface area contributed by atoms with Gasteiger partial charge in [0.25, 0.3) is 11.8 Å². The summed E-state index contributed by atoms with van der Waals surface area (Å²) in [5.74, 6) is -1.58. The van der Waals surface area contributed by atoms with Crippen molar-refractivity contribution >= 4 is 54.8 Å². The number of anilines is 3. The molecular formula is C39H42ClFN4O5Si. The SMILES string of the molecule is C[C@H]1[C@H]([Si](C)(C)F)[C@@H](CC(=O)N(CCO)Cc2ccccc2)O[C@]12C(=O)N(Cc1cccc(NC(=O)c3ccc(N)cc3)c1)c1ccc(Cl)cc12. The van der Waals surface area contributed by atoms with Crippen molar-refractivity contribution in [3.05, 3.63) is 124 Å². The number of ether oxygens (including phenoxy) is 1. The maximum Gasteiger partial charge on any atom is 0.264 e. The third-order valence-corrected chi connectivity index (χ3v) is 12.6. The Morgan fingerprint density at radius 1 is 1.02 bits per heavy atom. The summed E-state index contributed by atoms with van der Waals surface area (Å²) in [6, 6.07) is 28.4. The number of nitrogen functional groups attached to an aromatic ring is 1. The van der Waals surface area contributed by atoms with Crippen LogP contribution in [0.1, 0.15) is 40.4 Å². The molecule has 4 aromatic carbocycles. The van der Waals surface area contributed by atoms with Crippen LogP contribution in [0.4, 0.5) is 21.2 Å². The van der Waals surface area contributed by atoms with E-state index < -0.39 is 31.6 Å². The molecule has 0 bridgehead atoms. The average Bonchev–Trinajstić information content (AvgIpc) is 3.51. The number of aliphatic hydroxyl groups is 1. The van der Waals surface area contributed by atoms with E-state index in [1.807, 2.05) is 43.3 Å². The van der Waals surface area contributed by atoms with Gasteiger partial charge in [0.1, 0.15) is 0 Å². The normalized spacial score (nSPS) is 21.2. The first-order valence-electron chi connectivity index (χ1n) is 17.0. The van der Waals surface area contributed by atoms with Crippen LogP contribution in [0, 0.1) is 5.92 Å². The Morgan fingerprint density at radius 2 is 1.73 bits per heavy atom. The van der Waals surface area contributed by atoms with Gasteiger partial charge in [-0.3, -0.25) is 14.4 Å². The number of carbonyl (C=O) groups excluding carboxylic acids is 3. The molecule has 0 aromatic heterocycles. The molecule has 3 amide bonds. The monoisotopic (exact) mass is 728 g/mol. The quantitative estimate of drug-likeness (QED) is 0.0877. The molecule has 2 heterocycles. The van der Waals surface area contributed by atoms with Crippen LogP contribution in [-0.2, 0) is 33.0 Å². The number of hydrogen-bond donors (Lipinski definition) is 3. The van der Waals surface area contributed by atoms with Gasteiger partial charge in [-0.2, -0.15) is 0 Å². The van der Waals surface area contributed by atoms with Crippen molar-refractivity contribution in [3.8, 4) is 0 Å². The van der Waals surface area contributed by atoms with E-state index in [4.69, 9.17) is 22.1 Å². The number of aliphatic hydroxyl groups excluding tert-OH is 1. The molecule has 2 aliphatic heterocycles. The first kappa shape index (κ1) is 36.2. The number of amides is 3. The lowest BCUT2D eigenvalue weighted by atomic mass is 9.82. The molecule has 4 N–H and O–H groups in total. The first-order chi connectivity index (χ1) is 24.3. The summed E-state index contributed by atoms with van der Waals surface area (Å²) in [5, 5.41) is 13.1. The van der Waals surface area contributed by atoms with Gasteiger partial charge in [-0.15, -0.1) is 0 Å². The molecule has 266 valence electrons. The molecule has 1 spiro atoms. The molecule has 51 heavy (non-hydrogen) atoms. The van der Waals surface area contributed by atoms with E-state index in [2.05, 4.69) is 5.32 Å². The zero-order chi connectivity index (χ0) is 36.5. The number of benzene rings is 4. The number of halogens is 2. The predicted molar refractivity (Wildman–Crippen MR) is 200 cm³/mol. The number of nitrogens with two attached hydrogens (primary N) is 1. The summed E-state index contributed by atoms with van der Waals surface area (Å²) < 4.78 is 23.2. The van der Waals surface area contributed by atoms with Crippen LogP contribution in [-0.4, -0.2) is 55.4 Å². The zero-order valence-corrected chi connectivity index (χ0v) is 30.6. The second kappa shape index (κ2) is 14.6. The fraction of sp³-hybridized carbons (Fsp3) is 0.308. The minimum absolute atomic E-state index is 0.104. The van der Waals surface area contributed by atoms with Crippen LogP contribution < -0.4 is 16.0 Å². The minimum atomic E-state index is -3.55. The summed E-state index contributed by atoms with van der Waals surface area (Å²) in [7, 11) is -3.55. The van der Waals surface area contributed by atoms with E-state index in [1.54, 1.807) is 83.6 Å². The fourth-order valence-corrected chi connectivity index (χ4v) is 10.3. The standard InChI is InChI=1S/C39H42ClFN4O5Si/c1-25-36(51(2,3)41)34(22-35(47)44(18-19-46)23-26-8-5-4-6-9-26)50-39(25)32-21-29(40)14-17-33(32)45(38(39)49)24-27-10-7-11-31(20-27)43-37(48)28-12-15-30(42)16-13-28/h4-17,20-21,25,34,36,46H,18-19,22-24,42H2,1-3H3,(H,43,48)/t25-,34+,36-,39+/m0/s1. The number of fused-ring (bicyclic) bond motifs is 2. The highest BCUT2D eigenvalue weighted by Crippen LogP contribution is 2.60. The average molecular weight is 729 g/mol. The van der Waals surface area contributed by atoms with Gasteiger partial charge >= 0.3 is 0 Å². The molecule has 2 aliphatic rings. The molecule has 0 saturated carbocycles. The first-order valence-corrected chi connectivity index (χ1v) is 20.3. The van der Waals surface area contributed by atoms with E-state index in [0.29, 0.717) is 33.2 Å². The van der Waals surface area contributed by atoms with Crippen molar-refractivity contribution in [2.24, 2.45) is 5.92 Å². The Hall–Kier alpha value is -4.55. The van der Waals surface area contributed by atoms with Crippen molar-refractivity contribution in [2.75, 3.05) is 29.1 Å². The molecule has 4 aromatic rings. The van der Waals surface area contributed by atoms with Crippen molar-refractivity contribution in [1.29, 1.82) is 0 Å². The Bertz CT molecular complexity index is 1930. The lowest BCUT2D eigenvalue weighted by molar-refractivity contribution is -0.150.